The van der Waals surface area contributed by atoms with E-state index in [4.69, 9.17) is 0 Å². The van der Waals surface area contributed by atoms with Gasteiger partial charge in [0, 0.05) is 18.5 Å². The summed E-state index contributed by atoms with van der Waals surface area (Å²) in [5.41, 5.74) is -0.543. The van der Waals surface area contributed by atoms with Crippen molar-refractivity contribution < 1.29 is 17.9 Å². The molecule has 0 aromatic rings. The maximum atomic E-state index is 11.1. The molecule has 0 amide bonds. The third-order valence-corrected chi connectivity index (χ3v) is 2.91. The van der Waals surface area contributed by atoms with E-state index in [1.165, 1.54) is 7.11 Å². The van der Waals surface area contributed by atoms with Crippen LogP contribution in [-0.2, 0) is 19.6 Å². The lowest BCUT2D eigenvalue weighted by atomic mass is 10.1. The first-order valence-electron chi connectivity index (χ1n) is 5.43. The van der Waals surface area contributed by atoms with Crippen LogP contribution in [0.25, 0.3) is 0 Å². The second kappa shape index (κ2) is 6.93. The second-order valence-corrected chi connectivity index (χ2v) is 6.36. The summed E-state index contributed by atoms with van der Waals surface area (Å²) in [6.07, 6.45) is 2.16. The minimum atomic E-state index is -3.21. The van der Waals surface area contributed by atoms with Gasteiger partial charge in [-0.05, 0) is 26.8 Å². The molecule has 0 aliphatic carbocycles. The van der Waals surface area contributed by atoms with Crippen molar-refractivity contribution in [1.82, 2.24) is 10.0 Å². The summed E-state index contributed by atoms with van der Waals surface area (Å²) in [5.74, 6) is -0.236. The number of carbonyl (C=O) groups is 1. The molecule has 0 fully saturated rings. The van der Waals surface area contributed by atoms with Crippen LogP contribution in [0.15, 0.2) is 0 Å². The Bertz CT molecular complexity index is 338. The van der Waals surface area contributed by atoms with Gasteiger partial charge in [0.25, 0.3) is 0 Å². The van der Waals surface area contributed by atoms with Gasteiger partial charge in [0.05, 0.1) is 13.4 Å². The number of sulfonamides is 1. The van der Waals surface area contributed by atoms with Gasteiger partial charge in [0.2, 0.25) is 10.0 Å². The number of esters is 1. The van der Waals surface area contributed by atoms with E-state index in [-0.39, 0.29) is 5.97 Å². The van der Waals surface area contributed by atoms with Crippen LogP contribution in [0.1, 0.15) is 26.7 Å². The van der Waals surface area contributed by atoms with Gasteiger partial charge in [0.15, 0.2) is 0 Å². The van der Waals surface area contributed by atoms with Crippen molar-refractivity contribution >= 4 is 16.0 Å². The Balaban J connectivity index is 3.77. The van der Waals surface area contributed by atoms with Crippen molar-refractivity contribution in [2.45, 2.75) is 32.2 Å². The topological polar surface area (TPSA) is 84.5 Å². The summed E-state index contributed by atoms with van der Waals surface area (Å²) in [5, 5.41) is 3.09. The summed E-state index contributed by atoms with van der Waals surface area (Å²) in [7, 11) is -1.85. The maximum Gasteiger partial charge on any atom is 0.305 e. The van der Waals surface area contributed by atoms with Crippen molar-refractivity contribution in [2.75, 3.05) is 26.5 Å². The molecule has 0 spiro atoms. The molecule has 0 heterocycles. The van der Waals surface area contributed by atoms with Gasteiger partial charge in [-0.2, -0.15) is 0 Å². The van der Waals surface area contributed by atoms with E-state index in [0.717, 1.165) is 6.26 Å². The van der Waals surface area contributed by atoms with E-state index in [0.29, 0.717) is 25.9 Å². The van der Waals surface area contributed by atoms with E-state index in [2.05, 4.69) is 14.8 Å². The summed E-state index contributed by atoms with van der Waals surface area (Å²) < 4.78 is 29.2. The number of carbonyl (C=O) groups excluding carboxylic acids is 1. The van der Waals surface area contributed by atoms with E-state index in [1.807, 2.05) is 0 Å². The molecule has 6 nitrogen and oxygen atoms in total. The van der Waals surface area contributed by atoms with Crippen LogP contribution in [0.2, 0.25) is 0 Å². The first-order valence-corrected chi connectivity index (χ1v) is 7.32. The molecule has 102 valence electrons. The molecule has 0 saturated carbocycles. The van der Waals surface area contributed by atoms with Crippen molar-refractivity contribution in [2.24, 2.45) is 0 Å². The SMILES string of the molecule is COC(=O)CCCNCC(C)(C)NS(C)(=O)=O. The molecule has 7 heteroatoms. The van der Waals surface area contributed by atoms with E-state index in [9.17, 15) is 13.2 Å². The number of ether oxygens (including phenoxy) is 1. The second-order valence-electron chi connectivity index (χ2n) is 4.61. The molecule has 0 aliphatic heterocycles. The molecule has 0 atom stereocenters. The summed E-state index contributed by atoms with van der Waals surface area (Å²) in [4.78, 5) is 10.8. The van der Waals surface area contributed by atoms with Crippen molar-refractivity contribution in [3.05, 3.63) is 0 Å². The highest BCUT2D eigenvalue weighted by Crippen LogP contribution is 2.02. The average molecular weight is 266 g/mol. The lowest BCUT2D eigenvalue weighted by Gasteiger charge is -2.25. The summed E-state index contributed by atoms with van der Waals surface area (Å²) >= 11 is 0. The van der Waals surface area contributed by atoms with Gasteiger partial charge in [-0.3, -0.25) is 4.79 Å². The smallest absolute Gasteiger partial charge is 0.305 e. The van der Waals surface area contributed by atoms with Gasteiger partial charge in [-0.1, -0.05) is 0 Å². The van der Waals surface area contributed by atoms with E-state index in [1.54, 1.807) is 13.8 Å². The van der Waals surface area contributed by atoms with Gasteiger partial charge in [-0.25, -0.2) is 13.1 Å². The van der Waals surface area contributed by atoms with Gasteiger partial charge < -0.3 is 10.1 Å². The molecule has 0 unspecified atom stereocenters. The molecule has 2 N–H and O–H groups in total. The van der Waals surface area contributed by atoms with E-state index >= 15 is 0 Å². The predicted octanol–water partition coefficient (Wildman–Crippen LogP) is -0.143. The molecular weight excluding hydrogens is 244 g/mol. The average Bonchev–Trinajstić information content (AvgIpc) is 2.12. The number of rotatable bonds is 8. The third kappa shape index (κ3) is 10.2. The van der Waals surface area contributed by atoms with Gasteiger partial charge in [0.1, 0.15) is 0 Å². The maximum absolute atomic E-state index is 11.1. The molecule has 0 bridgehead atoms. The Labute approximate surface area is 103 Å². The van der Waals surface area contributed by atoms with Crippen LogP contribution < -0.4 is 10.0 Å². The fraction of sp³-hybridized carbons (Fsp3) is 0.900. The Morgan fingerprint density at radius 2 is 1.94 bits per heavy atom. The first-order chi connectivity index (χ1) is 7.66. The zero-order chi connectivity index (χ0) is 13.5. The Morgan fingerprint density at radius 1 is 1.35 bits per heavy atom. The number of nitrogens with one attached hydrogen (secondary N) is 2. The molecule has 0 radical (unpaired) electrons. The highest BCUT2D eigenvalue weighted by Gasteiger charge is 2.21. The molecule has 0 aliphatic rings. The van der Waals surface area contributed by atoms with Crippen molar-refractivity contribution in [3.8, 4) is 0 Å². The van der Waals surface area contributed by atoms with Crippen LogP contribution in [0.5, 0.6) is 0 Å². The number of hydrogen-bond donors (Lipinski definition) is 2. The Kier molecular flexibility index (Phi) is 6.66. The van der Waals surface area contributed by atoms with E-state index < -0.39 is 15.6 Å². The third-order valence-electron chi connectivity index (χ3n) is 1.99. The number of hydrogen-bond acceptors (Lipinski definition) is 5. The Hall–Kier alpha value is -0.660. The summed E-state index contributed by atoms with van der Waals surface area (Å²) in [6, 6.07) is 0. The highest BCUT2D eigenvalue weighted by atomic mass is 32.2. The first kappa shape index (κ1) is 16.3. The normalized spacial score (nSPS) is 12.5. The standard InChI is InChI=1S/C10H22N2O4S/c1-10(2,12-17(4,14)15)8-11-7-5-6-9(13)16-3/h11-12H,5-8H2,1-4H3. The monoisotopic (exact) mass is 266 g/mol. The van der Waals surface area contributed by atoms with Crippen molar-refractivity contribution in [3.63, 3.8) is 0 Å². The lowest BCUT2D eigenvalue weighted by molar-refractivity contribution is -0.140. The Morgan fingerprint density at radius 3 is 2.41 bits per heavy atom. The van der Waals surface area contributed by atoms with Gasteiger partial charge in [-0.15, -0.1) is 0 Å². The number of methoxy groups -OCH3 is 1. The van der Waals surface area contributed by atoms with Crippen LogP contribution in [0.3, 0.4) is 0 Å². The molecule has 0 saturated heterocycles. The minimum Gasteiger partial charge on any atom is -0.469 e. The largest absolute Gasteiger partial charge is 0.469 e. The van der Waals surface area contributed by atoms with Crippen LogP contribution in [0.4, 0.5) is 0 Å². The van der Waals surface area contributed by atoms with Crippen LogP contribution in [-0.4, -0.2) is 46.4 Å². The van der Waals surface area contributed by atoms with Crippen LogP contribution >= 0.6 is 0 Å². The zero-order valence-electron chi connectivity index (χ0n) is 10.9. The molecule has 0 aromatic heterocycles. The fourth-order valence-electron chi connectivity index (χ4n) is 1.40. The molecular formula is C10H22N2O4S. The fourth-order valence-corrected chi connectivity index (χ4v) is 2.47. The van der Waals surface area contributed by atoms with Crippen LogP contribution in [0, 0.1) is 0 Å². The molecule has 0 aromatic carbocycles. The highest BCUT2D eigenvalue weighted by molar-refractivity contribution is 7.88. The minimum absolute atomic E-state index is 0.236. The zero-order valence-corrected chi connectivity index (χ0v) is 11.7. The molecule has 17 heavy (non-hydrogen) atoms. The predicted molar refractivity (Wildman–Crippen MR) is 66.2 cm³/mol. The quantitative estimate of drug-likeness (QED) is 0.472. The van der Waals surface area contributed by atoms with Gasteiger partial charge >= 0.3 is 5.97 Å². The summed E-state index contributed by atoms with van der Waals surface area (Å²) in [6.45, 7) is 4.73. The molecule has 0 rings (SSSR count). The van der Waals surface area contributed by atoms with Crippen molar-refractivity contribution in [1.29, 1.82) is 0 Å². The lowest BCUT2D eigenvalue weighted by Crippen LogP contribution is -2.50.